The molecule has 0 saturated carbocycles. The summed E-state index contributed by atoms with van der Waals surface area (Å²) in [7, 11) is 0. The van der Waals surface area contributed by atoms with Crippen LogP contribution in [0.2, 0.25) is 0 Å². The Morgan fingerprint density at radius 3 is 2.24 bits per heavy atom. The van der Waals surface area contributed by atoms with E-state index in [2.05, 4.69) is 4.74 Å². The summed E-state index contributed by atoms with van der Waals surface area (Å²) in [4.78, 5) is 10.7. The van der Waals surface area contributed by atoms with Crippen molar-refractivity contribution in [2.75, 3.05) is 5.75 Å². The summed E-state index contributed by atoms with van der Waals surface area (Å²) in [6.45, 7) is 1.42. The lowest BCUT2D eigenvalue weighted by atomic mass is 10.2. The van der Waals surface area contributed by atoms with Crippen LogP contribution >= 0.6 is 11.8 Å². The third kappa shape index (κ3) is 5.74. The largest absolute Gasteiger partial charge is 0.499 e. The molecule has 0 aliphatic rings. The van der Waals surface area contributed by atoms with Crippen molar-refractivity contribution in [2.24, 2.45) is 0 Å². The molecule has 21 heavy (non-hydrogen) atoms. The van der Waals surface area contributed by atoms with Gasteiger partial charge in [-0.3, -0.25) is 4.79 Å². The predicted molar refractivity (Wildman–Crippen MR) is 70.2 cm³/mol. The lowest BCUT2D eigenvalue weighted by molar-refractivity contribution is -0.360. The molecule has 1 aromatic carbocycles. The molecule has 0 heterocycles. The first-order chi connectivity index (χ1) is 9.62. The van der Waals surface area contributed by atoms with Crippen LogP contribution in [0.4, 0.5) is 22.0 Å². The number of benzene rings is 1. The monoisotopic (exact) mass is 326 g/mol. The van der Waals surface area contributed by atoms with Gasteiger partial charge in [0, 0.05) is 12.7 Å². The van der Waals surface area contributed by atoms with Gasteiger partial charge in [0.15, 0.2) is 5.12 Å². The zero-order valence-electron chi connectivity index (χ0n) is 10.8. The third-order valence-corrected chi connectivity index (χ3v) is 2.91. The number of ether oxygens (including phenoxy) is 1. The van der Waals surface area contributed by atoms with Crippen LogP contribution in [0.15, 0.2) is 30.3 Å². The summed E-state index contributed by atoms with van der Waals surface area (Å²) in [5.41, 5.74) is 0.585. The lowest BCUT2D eigenvalue weighted by Crippen LogP contribution is -2.41. The molecule has 1 rings (SSSR count). The quantitative estimate of drug-likeness (QED) is 0.745. The Labute approximate surface area is 122 Å². The van der Waals surface area contributed by atoms with Crippen molar-refractivity contribution in [3.05, 3.63) is 35.9 Å². The van der Waals surface area contributed by atoms with Gasteiger partial charge in [0.05, 0.1) is 0 Å². The van der Waals surface area contributed by atoms with E-state index in [0.717, 1.165) is 23.9 Å². The fraction of sp³-hybridized carbons (Fsp3) is 0.308. The average Bonchev–Trinajstić information content (AvgIpc) is 2.34. The Balaban J connectivity index is 2.64. The van der Waals surface area contributed by atoms with E-state index in [1.165, 1.54) is 19.1 Å². The fourth-order valence-electron chi connectivity index (χ4n) is 1.20. The first-order valence-corrected chi connectivity index (χ1v) is 6.64. The molecule has 0 bridgehead atoms. The molecule has 0 saturated heterocycles. The van der Waals surface area contributed by atoms with Gasteiger partial charge in [-0.15, -0.1) is 0 Å². The highest BCUT2D eigenvalue weighted by atomic mass is 32.2. The van der Waals surface area contributed by atoms with Crippen LogP contribution in [0.25, 0.3) is 6.08 Å². The standard InChI is InChI=1S/C13H11F5O2S/c1-9(19)21-8-2-3-10-4-6-11(7-5-10)20-13(17,18)12(14,15)16/h2-7H,8H2,1H3. The van der Waals surface area contributed by atoms with Gasteiger partial charge in [0.25, 0.3) is 0 Å². The van der Waals surface area contributed by atoms with Crippen LogP contribution < -0.4 is 4.74 Å². The highest BCUT2D eigenvalue weighted by Gasteiger charge is 2.61. The zero-order chi connectivity index (χ0) is 16.1. The van der Waals surface area contributed by atoms with E-state index in [0.29, 0.717) is 11.3 Å². The van der Waals surface area contributed by atoms with E-state index in [1.54, 1.807) is 12.2 Å². The number of hydrogen-bond acceptors (Lipinski definition) is 3. The number of halogens is 5. The van der Waals surface area contributed by atoms with E-state index in [4.69, 9.17) is 0 Å². The molecule has 0 amide bonds. The van der Waals surface area contributed by atoms with Crippen LogP contribution in [-0.2, 0) is 4.79 Å². The van der Waals surface area contributed by atoms with E-state index in [1.807, 2.05) is 0 Å². The Kier molecular flexibility index (Phi) is 5.77. The van der Waals surface area contributed by atoms with Crippen LogP contribution in [0.3, 0.4) is 0 Å². The predicted octanol–water partition coefficient (Wildman–Crippen LogP) is 4.51. The van der Waals surface area contributed by atoms with Gasteiger partial charge in [-0.1, -0.05) is 36.0 Å². The minimum atomic E-state index is -5.77. The number of hydrogen-bond donors (Lipinski definition) is 0. The molecule has 0 aliphatic carbocycles. The molecule has 0 unspecified atom stereocenters. The van der Waals surface area contributed by atoms with Gasteiger partial charge >= 0.3 is 12.3 Å². The van der Waals surface area contributed by atoms with Gasteiger partial charge in [0.1, 0.15) is 5.75 Å². The average molecular weight is 326 g/mol. The highest BCUT2D eigenvalue weighted by molar-refractivity contribution is 8.13. The number of carbonyl (C=O) groups is 1. The fourth-order valence-corrected chi connectivity index (χ4v) is 1.63. The molecule has 0 aromatic heterocycles. The van der Waals surface area contributed by atoms with E-state index >= 15 is 0 Å². The van der Waals surface area contributed by atoms with Crippen molar-refractivity contribution in [1.82, 2.24) is 0 Å². The molecule has 1 aromatic rings. The van der Waals surface area contributed by atoms with Crippen molar-refractivity contribution in [2.45, 2.75) is 19.2 Å². The second-order valence-corrected chi connectivity index (χ2v) is 5.09. The summed E-state index contributed by atoms with van der Waals surface area (Å²) < 4.78 is 64.8. The molecule has 0 spiro atoms. The zero-order valence-corrected chi connectivity index (χ0v) is 11.6. The Morgan fingerprint density at radius 2 is 1.76 bits per heavy atom. The molecule has 0 aliphatic heterocycles. The molecule has 116 valence electrons. The third-order valence-electron chi connectivity index (χ3n) is 2.15. The van der Waals surface area contributed by atoms with E-state index in [-0.39, 0.29) is 5.12 Å². The van der Waals surface area contributed by atoms with Crippen molar-refractivity contribution in [3.8, 4) is 5.75 Å². The number of thioether (sulfide) groups is 1. The summed E-state index contributed by atoms with van der Waals surface area (Å²) in [6, 6.07) is 4.68. The topological polar surface area (TPSA) is 26.3 Å². The van der Waals surface area contributed by atoms with E-state index in [9.17, 15) is 26.7 Å². The molecular formula is C13H11F5O2S. The van der Waals surface area contributed by atoms with Gasteiger partial charge < -0.3 is 4.74 Å². The second kappa shape index (κ2) is 6.93. The maximum atomic E-state index is 12.6. The molecule has 0 atom stereocenters. The molecule has 0 N–H and O–H groups in total. The first kappa shape index (κ1) is 17.5. The maximum Gasteiger partial charge on any atom is 0.499 e. The first-order valence-electron chi connectivity index (χ1n) is 5.65. The van der Waals surface area contributed by atoms with Gasteiger partial charge in [-0.05, 0) is 17.7 Å². The SMILES string of the molecule is CC(=O)SCC=Cc1ccc(OC(F)(F)C(F)(F)F)cc1. The number of rotatable bonds is 5. The summed E-state index contributed by atoms with van der Waals surface area (Å²) in [5, 5.41) is -0.0437. The highest BCUT2D eigenvalue weighted by Crippen LogP contribution is 2.37. The summed E-state index contributed by atoms with van der Waals surface area (Å²) in [6.07, 6.45) is -7.72. The van der Waals surface area contributed by atoms with Crippen LogP contribution in [-0.4, -0.2) is 23.2 Å². The molecule has 0 radical (unpaired) electrons. The van der Waals surface area contributed by atoms with Crippen molar-refractivity contribution in [1.29, 1.82) is 0 Å². The second-order valence-electron chi connectivity index (χ2n) is 3.89. The molecule has 0 fully saturated rings. The maximum absolute atomic E-state index is 12.6. The van der Waals surface area contributed by atoms with Gasteiger partial charge in [0.2, 0.25) is 0 Å². The Bertz CT molecular complexity index is 508. The molecular weight excluding hydrogens is 315 g/mol. The molecule has 2 nitrogen and oxygen atoms in total. The number of carbonyl (C=O) groups excluding carboxylic acids is 1. The summed E-state index contributed by atoms with van der Waals surface area (Å²) >= 11 is 1.09. The van der Waals surface area contributed by atoms with Crippen molar-refractivity contribution < 1.29 is 31.5 Å². The number of alkyl halides is 5. The smallest absolute Gasteiger partial charge is 0.426 e. The normalized spacial score (nSPS) is 12.7. The Hall–Kier alpha value is -1.57. The minimum Gasteiger partial charge on any atom is -0.426 e. The van der Waals surface area contributed by atoms with Crippen molar-refractivity contribution >= 4 is 23.0 Å². The van der Waals surface area contributed by atoms with Crippen molar-refractivity contribution in [3.63, 3.8) is 0 Å². The minimum absolute atomic E-state index is 0.0437. The van der Waals surface area contributed by atoms with Gasteiger partial charge in [-0.2, -0.15) is 22.0 Å². The van der Waals surface area contributed by atoms with Gasteiger partial charge in [-0.25, -0.2) is 0 Å². The van der Waals surface area contributed by atoms with Crippen LogP contribution in [0.5, 0.6) is 5.75 Å². The molecule has 8 heteroatoms. The lowest BCUT2D eigenvalue weighted by Gasteiger charge is -2.20. The summed E-state index contributed by atoms with van der Waals surface area (Å²) in [5.74, 6) is -0.146. The van der Waals surface area contributed by atoms with Crippen LogP contribution in [0, 0.1) is 0 Å². The Morgan fingerprint density at radius 1 is 1.19 bits per heavy atom. The van der Waals surface area contributed by atoms with E-state index < -0.39 is 18.0 Å². The van der Waals surface area contributed by atoms with Crippen LogP contribution in [0.1, 0.15) is 12.5 Å².